The number of rotatable bonds is 9. The van der Waals surface area contributed by atoms with Crippen molar-refractivity contribution in [1.82, 2.24) is 9.97 Å². The van der Waals surface area contributed by atoms with E-state index in [0.29, 0.717) is 39.5 Å². The van der Waals surface area contributed by atoms with E-state index in [4.69, 9.17) is 20.9 Å². The summed E-state index contributed by atoms with van der Waals surface area (Å²) in [5.74, 6) is 1.38. The molecule has 2 saturated carbocycles. The fourth-order valence-electron chi connectivity index (χ4n) is 4.87. The first kappa shape index (κ1) is 23.4. The quantitative estimate of drug-likeness (QED) is 0.414. The third kappa shape index (κ3) is 5.31. The predicted octanol–water partition coefficient (Wildman–Crippen LogP) is 3.67. The molecule has 0 saturated heterocycles. The molecule has 2 unspecified atom stereocenters. The average molecular weight is 519 g/mol. The number of thiophene rings is 1. The van der Waals surface area contributed by atoms with Crippen LogP contribution in [0.4, 0.5) is 5.82 Å². The molecule has 8 nitrogen and oxygen atoms in total. The minimum atomic E-state index is -3.91. The zero-order valence-electron chi connectivity index (χ0n) is 18.1. The number of nitrogens with two attached hydrogens (primary N) is 1. The Hall–Kier alpha value is -2.37. The third-order valence-corrected chi connectivity index (χ3v) is 8.12. The zero-order valence-corrected chi connectivity index (χ0v) is 20.4. The van der Waals surface area contributed by atoms with Crippen LogP contribution < -0.4 is 10.5 Å². The van der Waals surface area contributed by atoms with Crippen molar-refractivity contribution in [3.8, 4) is 0 Å². The molecule has 0 spiro atoms. The number of hydrogen-bond acceptors (Lipinski definition) is 8. The number of fused-ring (bicyclic) bond motifs is 1. The lowest BCUT2D eigenvalue weighted by molar-refractivity contribution is 0.104. The van der Waals surface area contributed by atoms with Gasteiger partial charge in [-0.25, -0.2) is 15.1 Å². The van der Waals surface area contributed by atoms with Crippen LogP contribution in [0.25, 0.3) is 0 Å². The maximum Gasteiger partial charge on any atom is 0.333 e. The highest BCUT2D eigenvalue weighted by Crippen LogP contribution is 2.55. The number of carbonyl (C=O) groups excluding carboxylic acids is 1. The molecule has 0 radical (unpaired) electrons. The van der Waals surface area contributed by atoms with Crippen LogP contribution in [0.5, 0.6) is 0 Å². The fourth-order valence-corrected chi connectivity index (χ4v) is 6.33. The number of nitrogens with zero attached hydrogens (tertiary/aromatic N) is 2. The Balaban J connectivity index is 1.22. The Labute approximate surface area is 206 Å². The van der Waals surface area contributed by atoms with Crippen LogP contribution in [-0.2, 0) is 20.9 Å². The van der Waals surface area contributed by atoms with Gasteiger partial charge in [0.2, 0.25) is 5.78 Å². The lowest BCUT2D eigenvalue weighted by atomic mass is 10.0. The molecule has 2 heterocycles. The Morgan fingerprint density at radius 2 is 2.03 bits per heavy atom. The van der Waals surface area contributed by atoms with E-state index in [2.05, 4.69) is 15.3 Å². The third-order valence-electron chi connectivity index (χ3n) is 6.45. The number of halogens is 1. The fraction of sp³-hybridized carbons (Fsp3) is 0.348. The van der Waals surface area contributed by atoms with E-state index < -0.39 is 10.3 Å². The summed E-state index contributed by atoms with van der Waals surface area (Å²) in [5.41, 5.74) is 2.58. The predicted molar refractivity (Wildman–Crippen MR) is 130 cm³/mol. The van der Waals surface area contributed by atoms with Crippen molar-refractivity contribution in [2.24, 2.45) is 22.9 Å². The van der Waals surface area contributed by atoms with Crippen molar-refractivity contribution in [3.63, 3.8) is 0 Å². The van der Waals surface area contributed by atoms with Crippen LogP contribution in [-0.4, -0.2) is 36.8 Å². The van der Waals surface area contributed by atoms with Gasteiger partial charge in [0.1, 0.15) is 12.1 Å². The Kier molecular flexibility index (Phi) is 6.43. The van der Waals surface area contributed by atoms with Crippen molar-refractivity contribution in [3.05, 3.63) is 74.8 Å². The SMILES string of the molecule is NS(=O)(=O)OC[C@@H]1CC2C(Nc3ncncc3C(=O)c3cc(Cc4cccc(Cl)c4)cs3)[C@@H]2C1. The molecule has 11 heteroatoms. The molecule has 3 N–H and O–H groups in total. The summed E-state index contributed by atoms with van der Waals surface area (Å²) in [6, 6.07) is 9.80. The molecule has 0 bridgehead atoms. The van der Waals surface area contributed by atoms with E-state index in [1.54, 1.807) is 6.20 Å². The van der Waals surface area contributed by atoms with Crippen LogP contribution >= 0.6 is 22.9 Å². The van der Waals surface area contributed by atoms with Gasteiger partial charge in [-0.1, -0.05) is 23.7 Å². The maximum absolute atomic E-state index is 13.3. The molecule has 2 aliphatic carbocycles. The molecule has 2 aliphatic rings. The number of anilines is 1. The summed E-state index contributed by atoms with van der Waals surface area (Å²) in [7, 11) is -3.91. The molecule has 1 aromatic carbocycles. The normalized spacial score (nSPS) is 23.5. The molecule has 0 amide bonds. The van der Waals surface area contributed by atoms with Gasteiger partial charge in [0.05, 0.1) is 17.0 Å². The summed E-state index contributed by atoms with van der Waals surface area (Å²) >= 11 is 7.48. The molecule has 178 valence electrons. The average Bonchev–Trinajstić information content (AvgIpc) is 3.14. The molecule has 0 aliphatic heterocycles. The second-order valence-corrected chi connectivity index (χ2v) is 11.4. The second-order valence-electron chi connectivity index (χ2n) is 8.85. The molecular formula is C23H23ClN4O4S2. The van der Waals surface area contributed by atoms with Gasteiger partial charge >= 0.3 is 10.3 Å². The van der Waals surface area contributed by atoms with E-state index in [1.165, 1.54) is 17.7 Å². The smallest absolute Gasteiger partial charge is 0.333 e. The minimum Gasteiger partial charge on any atom is -0.366 e. The van der Waals surface area contributed by atoms with Gasteiger partial charge < -0.3 is 5.32 Å². The van der Waals surface area contributed by atoms with Crippen LogP contribution in [0.3, 0.4) is 0 Å². The van der Waals surface area contributed by atoms with Gasteiger partial charge in [0.25, 0.3) is 0 Å². The van der Waals surface area contributed by atoms with Gasteiger partial charge in [0, 0.05) is 17.3 Å². The number of ketones is 1. The van der Waals surface area contributed by atoms with Gasteiger partial charge in [-0.05, 0) is 71.7 Å². The van der Waals surface area contributed by atoms with Gasteiger partial charge in [-0.15, -0.1) is 11.3 Å². The summed E-state index contributed by atoms with van der Waals surface area (Å²) in [6.07, 6.45) is 5.38. The van der Waals surface area contributed by atoms with E-state index >= 15 is 0 Å². The highest BCUT2D eigenvalue weighted by Gasteiger charge is 2.56. The van der Waals surface area contributed by atoms with Gasteiger partial charge in [-0.3, -0.25) is 8.98 Å². The summed E-state index contributed by atoms with van der Waals surface area (Å²) in [5, 5.41) is 11.0. The van der Waals surface area contributed by atoms with E-state index in [-0.39, 0.29) is 24.3 Å². The molecule has 4 atom stereocenters. The molecule has 2 aromatic heterocycles. The van der Waals surface area contributed by atoms with Gasteiger partial charge in [0.15, 0.2) is 0 Å². The molecule has 5 rings (SSSR count). The van der Waals surface area contributed by atoms with Crippen LogP contribution in [0, 0.1) is 17.8 Å². The summed E-state index contributed by atoms with van der Waals surface area (Å²) in [4.78, 5) is 22.3. The van der Waals surface area contributed by atoms with Gasteiger partial charge in [-0.2, -0.15) is 8.42 Å². The number of hydrogen-bond donors (Lipinski definition) is 2. The number of aromatic nitrogens is 2. The monoisotopic (exact) mass is 518 g/mol. The van der Waals surface area contributed by atoms with Crippen LogP contribution in [0.1, 0.15) is 39.2 Å². The van der Waals surface area contributed by atoms with Crippen molar-refractivity contribution in [1.29, 1.82) is 0 Å². The molecule has 34 heavy (non-hydrogen) atoms. The topological polar surface area (TPSA) is 124 Å². The lowest BCUT2D eigenvalue weighted by Crippen LogP contribution is -2.22. The molecule has 3 aromatic rings. The van der Waals surface area contributed by atoms with Crippen LogP contribution in [0.2, 0.25) is 5.02 Å². The van der Waals surface area contributed by atoms with Crippen molar-refractivity contribution in [2.45, 2.75) is 25.3 Å². The first-order valence-electron chi connectivity index (χ1n) is 10.9. The number of benzene rings is 1. The highest BCUT2D eigenvalue weighted by atomic mass is 35.5. The maximum atomic E-state index is 13.3. The standard InChI is InChI=1S/C23H23ClN4O4S2/c24-16-3-1-2-13(5-16)4-15-8-20(33-11-15)22(29)19-9-26-12-27-23(19)28-21-17-6-14(7-18(17)21)10-32-34(25,30)31/h1-3,5,8-9,11-12,14,17-18,21H,4,6-7,10H2,(H2,25,30,31)(H,26,27,28)/t14-,17+,18?,21?/m0/s1. The van der Waals surface area contributed by atoms with Crippen LogP contribution in [0.15, 0.2) is 48.2 Å². The van der Waals surface area contributed by atoms with Crippen molar-refractivity contribution < 1.29 is 17.4 Å². The van der Waals surface area contributed by atoms with E-state index in [1.807, 2.05) is 35.7 Å². The largest absolute Gasteiger partial charge is 0.366 e. The van der Waals surface area contributed by atoms with E-state index in [0.717, 1.165) is 24.0 Å². The Morgan fingerprint density at radius 3 is 2.76 bits per heavy atom. The molecular weight excluding hydrogens is 496 g/mol. The van der Waals surface area contributed by atoms with E-state index in [9.17, 15) is 13.2 Å². The summed E-state index contributed by atoms with van der Waals surface area (Å²) in [6.45, 7) is 0.117. The second kappa shape index (κ2) is 9.35. The minimum absolute atomic E-state index is 0.115. The first-order chi connectivity index (χ1) is 16.3. The van der Waals surface area contributed by atoms with Crippen molar-refractivity contribution in [2.75, 3.05) is 11.9 Å². The highest BCUT2D eigenvalue weighted by molar-refractivity contribution is 7.84. The summed E-state index contributed by atoms with van der Waals surface area (Å²) < 4.78 is 26.7. The number of nitrogens with one attached hydrogen (secondary N) is 1. The van der Waals surface area contributed by atoms with Crippen molar-refractivity contribution >= 4 is 44.8 Å². The Bertz CT molecular complexity index is 1320. The molecule has 2 fully saturated rings. The Morgan fingerprint density at radius 1 is 1.24 bits per heavy atom. The number of carbonyl (C=O) groups is 1. The lowest BCUT2D eigenvalue weighted by Gasteiger charge is -2.15. The zero-order chi connectivity index (χ0) is 23.9. The first-order valence-corrected chi connectivity index (χ1v) is 13.6.